The Labute approximate surface area is 107 Å². The van der Waals surface area contributed by atoms with Gasteiger partial charge in [-0.2, -0.15) is 0 Å². The van der Waals surface area contributed by atoms with Crippen LogP contribution >= 0.6 is 11.6 Å². The van der Waals surface area contributed by atoms with E-state index in [2.05, 4.69) is 18.8 Å². The average Bonchev–Trinajstić information content (AvgIpc) is 2.33. The highest BCUT2D eigenvalue weighted by Gasteiger charge is 2.19. The molecule has 1 aromatic rings. The van der Waals surface area contributed by atoms with Gasteiger partial charge in [-0.25, -0.2) is 4.98 Å². The Morgan fingerprint density at radius 2 is 2.12 bits per heavy atom. The first-order valence-electron chi connectivity index (χ1n) is 5.99. The van der Waals surface area contributed by atoms with Crippen LogP contribution in [0, 0.1) is 0 Å². The standard InChI is InChI=1S/C12H20ClN3O/c1-4-10(5-2)16(8-6-13)11-12(17)15(3)9-7-14-11/h7,9-10H,4-6,8H2,1-3H3. The molecule has 0 bridgehead atoms. The third-order valence-electron chi connectivity index (χ3n) is 2.98. The molecule has 0 unspecified atom stereocenters. The third-order valence-corrected chi connectivity index (χ3v) is 3.15. The molecule has 1 aromatic heterocycles. The summed E-state index contributed by atoms with van der Waals surface area (Å²) in [5.41, 5.74) is -0.0653. The van der Waals surface area contributed by atoms with Crippen LogP contribution in [-0.4, -0.2) is 28.0 Å². The smallest absolute Gasteiger partial charge is 0.293 e. The summed E-state index contributed by atoms with van der Waals surface area (Å²) in [5.74, 6) is 1.00. The molecule has 0 amide bonds. The highest BCUT2D eigenvalue weighted by molar-refractivity contribution is 6.18. The third kappa shape index (κ3) is 3.22. The van der Waals surface area contributed by atoms with Crippen LogP contribution in [0.3, 0.4) is 0 Å². The molecule has 0 aromatic carbocycles. The van der Waals surface area contributed by atoms with Crippen molar-refractivity contribution in [3.63, 3.8) is 0 Å². The summed E-state index contributed by atoms with van der Waals surface area (Å²) in [6.07, 6.45) is 5.28. The van der Waals surface area contributed by atoms with Crippen molar-refractivity contribution in [3.05, 3.63) is 22.7 Å². The summed E-state index contributed by atoms with van der Waals surface area (Å²) in [7, 11) is 1.74. The van der Waals surface area contributed by atoms with Gasteiger partial charge >= 0.3 is 0 Å². The van der Waals surface area contributed by atoms with Gasteiger partial charge in [0.2, 0.25) is 0 Å². The Bertz CT molecular complexity index is 401. The molecule has 0 fully saturated rings. The molecule has 5 heteroatoms. The maximum absolute atomic E-state index is 12.0. The lowest BCUT2D eigenvalue weighted by atomic mass is 10.1. The van der Waals surface area contributed by atoms with E-state index in [-0.39, 0.29) is 5.56 Å². The van der Waals surface area contributed by atoms with E-state index in [0.717, 1.165) is 12.8 Å². The molecule has 0 N–H and O–H groups in total. The van der Waals surface area contributed by atoms with E-state index in [9.17, 15) is 4.79 Å². The minimum Gasteiger partial charge on any atom is -0.348 e. The maximum Gasteiger partial charge on any atom is 0.293 e. The van der Waals surface area contributed by atoms with E-state index in [0.29, 0.717) is 24.3 Å². The lowest BCUT2D eigenvalue weighted by Gasteiger charge is -2.30. The number of anilines is 1. The number of alkyl halides is 1. The lowest BCUT2D eigenvalue weighted by Crippen LogP contribution is -2.41. The molecule has 0 aliphatic heterocycles. The fourth-order valence-corrected chi connectivity index (χ4v) is 2.15. The van der Waals surface area contributed by atoms with E-state index >= 15 is 0 Å². The van der Waals surface area contributed by atoms with Crippen molar-refractivity contribution in [2.75, 3.05) is 17.3 Å². The fourth-order valence-electron chi connectivity index (χ4n) is 1.96. The number of hydrogen-bond donors (Lipinski definition) is 0. The van der Waals surface area contributed by atoms with Gasteiger partial charge in [0.1, 0.15) is 0 Å². The number of hydrogen-bond acceptors (Lipinski definition) is 3. The molecule has 1 rings (SSSR count). The first-order chi connectivity index (χ1) is 8.15. The van der Waals surface area contributed by atoms with E-state index in [1.54, 1.807) is 24.0 Å². The first kappa shape index (κ1) is 14.0. The van der Waals surface area contributed by atoms with Crippen molar-refractivity contribution < 1.29 is 0 Å². The highest BCUT2D eigenvalue weighted by Crippen LogP contribution is 2.14. The van der Waals surface area contributed by atoms with Crippen LogP contribution in [0.1, 0.15) is 26.7 Å². The summed E-state index contributed by atoms with van der Waals surface area (Å²) in [6, 6.07) is 0.316. The molecule has 0 saturated heterocycles. The zero-order valence-electron chi connectivity index (χ0n) is 10.7. The lowest BCUT2D eigenvalue weighted by molar-refractivity contribution is 0.557. The van der Waals surface area contributed by atoms with Crippen LogP contribution in [0.5, 0.6) is 0 Å². The predicted octanol–water partition coefficient (Wildman–Crippen LogP) is 2.01. The maximum atomic E-state index is 12.0. The molecule has 0 saturated carbocycles. The summed E-state index contributed by atoms with van der Waals surface area (Å²) < 4.78 is 1.55. The zero-order valence-corrected chi connectivity index (χ0v) is 11.4. The van der Waals surface area contributed by atoms with Gasteiger partial charge in [0, 0.05) is 37.9 Å². The molecule has 0 aliphatic rings. The topological polar surface area (TPSA) is 38.1 Å². The van der Waals surface area contributed by atoms with Crippen molar-refractivity contribution in [2.45, 2.75) is 32.7 Å². The molecular weight excluding hydrogens is 238 g/mol. The SMILES string of the molecule is CCC(CC)N(CCCl)c1nccn(C)c1=O. The van der Waals surface area contributed by atoms with Gasteiger partial charge in [0.05, 0.1) is 0 Å². The van der Waals surface area contributed by atoms with Gasteiger partial charge < -0.3 is 9.47 Å². The van der Waals surface area contributed by atoms with Crippen LogP contribution in [0.4, 0.5) is 5.82 Å². The van der Waals surface area contributed by atoms with Crippen LogP contribution in [0.25, 0.3) is 0 Å². The minimum absolute atomic E-state index is 0.0653. The molecule has 0 atom stereocenters. The van der Waals surface area contributed by atoms with Crippen molar-refractivity contribution in [1.82, 2.24) is 9.55 Å². The Morgan fingerprint density at radius 3 is 2.65 bits per heavy atom. The van der Waals surface area contributed by atoms with Gasteiger partial charge in [0.15, 0.2) is 5.82 Å². The van der Waals surface area contributed by atoms with Crippen molar-refractivity contribution in [2.24, 2.45) is 7.05 Å². The van der Waals surface area contributed by atoms with Crippen molar-refractivity contribution in [1.29, 1.82) is 0 Å². The van der Waals surface area contributed by atoms with Crippen LogP contribution in [-0.2, 0) is 7.05 Å². The second-order valence-corrected chi connectivity index (χ2v) is 4.40. The molecule has 0 aliphatic carbocycles. The monoisotopic (exact) mass is 257 g/mol. The Balaban J connectivity index is 3.13. The molecule has 1 heterocycles. The second-order valence-electron chi connectivity index (χ2n) is 4.02. The Morgan fingerprint density at radius 1 is 1.47 bits per heavy atom. The van der Waals surface area contributed by atoms with E-state index < -0.39 is 0 Å². The summed E-state index contributed by atoms with van der Waals surface area (Å²) in [4.78, 5) is 18.3. The zero-order chi connectivity index (χ0) is 12.8. The highest BCUT2D eigenvalue weighted by atomic mass is 35.5. The van der Waals surface area contributed by atoms with Gasteiger partial charge in [-0.05, 0) is 12.8 Å². The quantitative estimate of drug-likeness (QED) is 0.732. The Hall–Kier alpha value is -1.03. The molecule has 0 spiro atoms. The van der Waals surface area contributed by atoms with Crippen LogP contribution in [0.2, 0.25) is 0 Å². The van der Waals surface area contributed by atoms with Gasteiger partial charge in [0.25, 0.3) is 5.56 Å². The van der Waals surface area contributed by atoms with Crippen LogP contribution < -0.4 is 10.5 Å². The van der Waals surface area contributed by atoms with Gasteiger partial charge in [-0.3, -0.25) is 4.79 Å². The number of aromatic nitrogens is 2. The Kier molecular flexibility index (Phi) is 5.48. The fraction of sp³-hybridized carbons (Fsp3) is 0.667. The van der Waals surface area contributed by atoms with E-state index in [1.165, 1.54) is 0 Å². The largest absolute Gasteiger partial charge is 0.348 e. The number of nitrogens with zero attached hydrogens (tertiary/aromatic N) is 3. The number of rotatable bonds is 6. The van der Waals surface area contributed by atoms with Crippen molar-refractivity contribution in [3.8, 4) is 0 Å². The normalized spacial score (nSPS) is 10.9. The van der Waals surface area contributed by atoms with Crippen molar-refractivity contribution >= 4 is 17.4 Å². The summed E-state index contributed by atoms with van der Waals surface area (Å²) in [5, 5.41) is 0. The van der Waals surface area contributed by atoms with Crippen LogP contribution in [0.15, 0.2) is 17.2 Å². The molecule has 96 valence electrons. The summed E-state index contributed by atoms with van der Waals surface area (Å²) >= 11 is 5.82. The predicted molar refractivity (Wildman–Crippen MR) is 71.9 cm³/mol. The second kappa shape index (κ2) is 6.64. The number of halogens is 1. The average molecular weight is 258 g/mol. The van der Waals surface area contributed by atoms with E-state index in [1.807, 2.05) is 4.90 Å². The van der Waals surface area contributed by atoms with Gasteiger partial charge in [-0.1, -0.05) is 13.8 Å². The molecule has 17 heavy (non-hydrogen) atoms. The summed E-state index contributed by atoms with van der Waals surface area (Å²) in [6.45, 7) is 4.88. The molecular formula is C12H20ClN3O. The minimum atomic E-state index is -0.0653. The van der Waals surface area contributed by atoms with Gasteiger partial charge in [-0.15, -0.1) is 11.6 Å². The first-order valence-corrected chi connectivity index (χ1v) is 6.53. The van der Waals surface area contributed by atoms with E-state index in [4.69, 9.17) is 11.6 Å². The molecule has 4 nitrogen and oxygen atoms in total. The number of aryl methyl sites for hydroxylation is 1. The molecule has 0 radical (unpaired) electrons.